The second-order valence-corrected chi connectivity index (χ2v) is 5.25. The number of alkyl halides is 3. The first kappa shape index (κ1) is 15.4. The Bertz CT molecular complexity index is 662. The van der Waals surface area contributed by atoms with E-state index in [1.165, 1.54) is 18.6 Å². The number of hydrogen-bond donors (Lipinski definition) is 1. The van der Waals surface area contributed by atoms with Gasteiger partial charge in [0.2, 0.25) is 0 Å². The van der Waals surface area contributed by atoms with Gasteiger partial charge in [-0.2, -0.15) is 13.2 Å². The van der Waals surface area contributed by atoms with Gasteiger partial charge in [0.1, 0.15) is 11.3 Å². The molecule has 1 heterocycles. The average Bonchev–Trinajstić information content (AvgIpc) is 2.81. The predicted octanol–water partition coefficient (Wildman–Crippen LogP) is 4.06. The highest BCUT2D eigenvalue weighted by Crippen LogP contribution is 2.34. The molecule has 21 heavy (non-hydrogen) atoms. The lowest BCUT2D eigenvalue weighted by Crippen LogP contribution is -2.05. The van der Waals surface area contributed by atoms with Crippen molar-refractivity contribution in [2.45, 2.75) is 12.6 Å². The van der Waals surface area contributed by atoms with Crippen LogP contribution in [0.5, 0.6) is 5.75 Å². The van der Waals surface area contributed by atoms with Gasteiger partial charge in [-0.05, 0) is 11.6 Å². The molecule has 0 aliphatic carbocycles. The number of halogens is 3. The van der Waals surface area contributed by atoms with Crippen LogP contribution in [0.3, 0.4) is 0 Å². The van der Waals surface area contributed by atoms with Gasteiger partial charge in [0.05, 0.1) is 17.6 Å². The molecular formula is C14H11F3O3S. The summed E-state index contributed by atoms with van der Waals surface area (Å²) in [5, 5.41) is 10.4. The topological polar surface area (TPSA) is 46.5 Å². The van der Waals surface area contributed by atoms with Crippen LogP contribution in [0.2, 0.25) is 0 Å². The molecule has 0 fully saturated rings. The van der Waals surface area contributed by atoms with Gasteiger partial charge >= 0.3 is 12.1 Å². The molecule has 0 spiro atoms. The maximum absolute atomic E-state index is 12.7. The maximum Gasteiger partial charge on any atom is 0.416 e. The summed E-state index contributed by atoms with van der Waals surface area (Å²) in [6, 6.07) is 4.95. The Morgan fingerprint density at radius 2 is 2.10 bits per heavy atom. The zero-order valence-electron chi connectivity index (χ0n) is 10.9. The summed E-state index contributed by atoms with van der Waals surface area (Å²) in [5.74, 6) is -0.927. The van der Waals surface area contributed by atoms with Crippen LogP contribution in [0, 0.1) is 0 Å². The summed E-state index contributed by atoms with van der Waals surface area (Å²) in [6.07, 6.45) is -4.22. The molecule has 0 atom stereocenters. The largest absolute Gasteiger partial charge is 0.495 e. The number of carboxylic acids is 1. The highest BCUT2D eigenvalue weighted by molar-refractivity contribution is 7.10. The summed E-state index contributed by atoms with van der Waals surface area (Å²) in [4.78, 5) is 11.6. The Morgan fingerprint density at radius 3 is 2.67 bits per heavy atom. The number of thiophene rings is 1. The second-order valence-electron chi connectivity index (χ2n) is 4.29. The number of benzene rings is 1. The lowest BCUT2D eigenvalue weighted by atomic mass is 10.1. The van der Waals surface area contributed by atoms with Crippen molar-refractivity contribution in [1.82, 2.24) is 0 Å². The first-order chi connectivity index (χ1) is 9.82. The molecule has 3 nitrogen and oxygen atoms in total. The third kappa shape index (κ3) is 3.36. The molecule has 0 aliphatic rings. The molecule has 7 heteroatoms. The summed E-state index contributed by atoms with van der Waals surface area (Å²) in [7, 11) is 1.34. The smallest absolute Gasteiger partial charge is 0.416 e. The number of hydrogen-bond acceptors (Lipinski definition) is 3. The van der Waals surface area contributed by atoms with Crippen LogP contribution < -0.4 is 4.74 Å². The van der Waals surface area contributed by atoms with Crippen molar-refractivity contribution in [1.29, 1.82) is 0 Å². The Morgan fingerprint density at radius 1 is 1.38 bits per heavy atom. The van der Waals surface area contributed by atoms with Crippen LogP contribution in [0.1, 0.15) is 26.4 Å². The van der Waals surface area contributed by atoms with Crippen molar-refractivity contribution in [3.63, 3.8) is 0 Å². The minimum atomic E-state index is -4.40. The van der Waals surface area contributed by atoms with Gasteiger partial charge in [-0.1, -0.05) is 18.2 Å². The Balaban J connectivity index is 2.33. The van der Waals surface area contributed by atoms with Crippen LogP contribution in [-0.2, 0) is 12.6 Å². The highest BCUT2D eigenvalue weighted by atomic mass is 32.1. The molecule has 2 aromatic rings. The fraction of sp³-hybridized carbons (Fsp3) is 0.214. The minimum Gasteiger partial charge on any atom is -0.495 e. The lowest BCUT2D eigenvalue weighted by molar-refractivity contribution is -0.137. The molecular weight excluding hydrogens is 305 g/mol. The van der Waals surface area contributed by atoms with Crippen molar-refractivity contribution in [2.75, 3.05) is 7.11 Å². The Kier molecular flexibility index (Phi) is 4.22. The molecule has 0 radical (unpaired) electrons. The van der Waals surface area contributed by atoms with E-state index in [0.29, 0.717) is 10.4 Å². The van der Waals surface area contributed by atoms with Crippen LogP contribution in [0.15, 0.2) is 29.6 Å². The van der Waals surface area contributed by atoms with E-state index in [1.807, 2.05) is 0 Å². The molecule has 1 N–H and O–H groups in total. The molecule has 0 unspecified atom stereocenters. The third-order valence-electron chi connectivity index (χ3n) is 2.87. The van der Waals surface area contributed by atoms with Crippen molar-refractivity contribution >= 4 is 17.3 Å². The zero-order chi connectivity index (χ0) is 15.6. The van der Waals surface area contributed by atoms with E-state index in [9.17, 15) is 18.0 Å². The predicted molar refractivity (Wildman–Crippen MR) is 72.1 cm³/mol. The normalized spacial score (nSPS) is 11.4. The van der Waals surface area contributed by atoms with Gasteiger partial charge in [0, 0.05) is 11.8 Å². The first-order valence-electron chi connectivity index (χ1n) is 5.86. The van der Waals surface area contributed by atoms with Crippen LogP contribution in [0.4, 0.5) is 13.2 Å². The molecule has 112 valence electrons. The van der Waals surface area contributed by atoms with Crippen LogP contribution in [-0.4, -0.2) is 18.2 Å². The van der Waals surface area contributed by atoms with E-state index < -0.39 is 17.7 Å². The van der Waals surface area contributed by atoms with Crippen molar-refractivity contribution in [2.24, 2.45) is 0 Å². The number of methoxy groups -OCH3 is 1. The Labute approximate surface area is 122 Å². The molecule has 0 amide bonds. The fourth-order valence-electron chi connectivity index (χ4n) is 1.92. The number of carboxylic acid groups (broad SMARTS) is 1. The minimum absolute atomic E-state index is 0.0180. The molecule has 0 aliphatic heterocycles. The summed E-state index contributed by atoms with van der Waals surface area (Å²) in [5.41, 5.74) is -0.264. The van der Waals surface area contributed by atoms with Gasteiger partial charge in [-0.25, -0.2) is 4.79 Å². The molecule has 2 rings (SSSR count). The number of aromatic carboxylic acids is 1. The molecule has 1 aromatic carbocycles. The number of carbonyl (C=O) groups is 1. The summed E-state index contributed by atoms with van der Waals surface area (Å²) in [6.45, 7) is 0. The quantitative estimate of drug-likeness (QED) is 0.925. The van der Waals surface area contributed by atoms with E-state index in [2.05, 4.69) is 0 Å². The maximum atomic E-state index is 12.7. The summed E-state index contributed by atoms with van der Waals surface area (Å²) >= 11 is 1.15. The zero-order valence-corrected chi connectivity index (χ0v) is 11.7. The number of rotatable bonds is 4. The highest BCUT2D eigenvalue weighted by Gasteiger charge is 2.30. The van der Waals surface area contributed by atoms with E-state index >= 15 is 0 Å². The van der Waals surface area contributed by atoms with Crippen molar-refractivity contribution in [3.05, 3.63) is 51.2 Å². The van der Waals surface area contributed by atoms with Crippen LogP contribution >= 0.6 is 11.3 Å². The summed E-state index contributed by atoms with van der Waals surface area (Å²) < 4.78 is 43.0. The lowest BCUT2D eigenvalue weighted by Gasteiger charge is -2.09. The van der Waals surface area contributed by atoms with E-state index in [1.54, 1.807) is 6.07 Å². The van der Waals surface area contributed by atoms with Gasteiger partial charge in [-0.15, -0.1) is 11.3 Å². The van der Waals surface area contributed by atoms with Gasteiger partial charge < -0.3 is 9.84 Å². The van der Waals surface area contributed by atoms with Gasteiger partial charge in [0.15, 0.2) is 0 Å². The van der Waals surface area contributed by atoms with Gasteiger partial charge in [0.25, 0.3) is 0 Å². The first-order valence-corrected chi connectivity index (χ1v) is 6.74. The SMILES string of the molecule is COc1c(C(=O)O)csc1Cc1cccc(C(F)(F)F)c1. The monoisotopic (exact) mass is 316 g/mol. The average molecular weight is 316 g/mol. The second kappa shape index (κ2) is 5.77. The van der Waals surface area contributed by atoms with E-state index in [4.69, 9.17) is 9.84 Å². The third-order valence-corrected chi connectivity index (χ3v) is 3.84. The van der Waals surface area contributed by atoms with Gasteiger partial charge in [-0.3, -0.25) is 0 Å². The van der Waals surface area contributed by atoms with Crippen LogP contribution in [0.25, 0.3) is 0 Å². The Hall–Kier alpha value is -2.02. The molecule has 0 saturated heterocycles. The molecule has 0 saturated carbocycles. The molecule has 0 bridgehead atoms. The van der Waals surface area contributed by atoms with Crippen molar-refractivity contribution in [3.8, 4) is 5.75 Å². The molecule has 1 aromatic heterocycles. The standard InChI is InChI=1S/C14H11F3O3S/c1-20-12-10(13(18)19)7-21-11(12)6-8-3-2-4-9(5-8)14(15,16)17/h2-5,7H,6H2,1H3,(H,18,19). The fourth-order valence-corrected chi connectivity index (χ4v) is 2.94. The van der Waals surface area contributed by atoms with E-state index in [0.717, 1.165) is 23.5 Å². The van der Waals surface area contributed by atoms with E-state index in [-0.39, 0.29) is 17.7 Å². The number of ether oxygens (including phenoxy) is 1. The van der Waals surface area contributed by atoms with Crippen molar-refractivity contribution < 1.29 is 27.8 Å².